The van der Waals surface area contributed by atoms with Crippen LogP contribution in [0.3, 0.4) is 0 Å². The van der Waals surface area contributed by atoms with Gasteiger partial charge in [-0.15, -0.1) is 10.1 Å². The van der Waals surface area contributed by atoms with Gasteiger partial charge in [-0.3, -0.25) is 59.3 Å². The van der Waals surface area contributed by atoms with Crippen molar-refractivity contribution in [2.24, 2.45) is 23.5 Å². The fraction of sp³-hybridized carbons (Fsp3) is 0.607. The number of imide groups is 3. The van der Waals surface area contributed by atoms with Crippen LogP contribution in [-0.4, -0.2) is 210 Å². The van der Waals surface area contributed by atoms with Crippen molar-refractivity contribution in [1.29, 1.82) is 0 Å². The third kappa shape index (κ3) is 47.7. The number of hydroxylamine groups is 6. The van der Waals surface area contributed by atoms with Gasteiger partial charge < -0.3 is 75.1 Å². The fourth-order valence-corrected chi connectivity index (χ4v) is 7.16. The number of amides is 8. The van der Waals surface area contributed by atoms with Crippen molar-refractivity contribution in [2.75, 3.05) is 26.7 Å². The van der Waals surface area contributed by atoms with Crippen LogP contribution in [0.2, 0.25) is 0 Å². The zero-order valence-electron chi connectivity index (χ0n) is 59.1. The van der Waals surface area contributed by atoms with E-state index in [0.717, 1.165) is 37.2 Å². The molecule has 6 unspecified atom stereocenters. The number of aliphatic hydroxyl groups is 5. The first kappa shape index (κ1) is 108. The van der Waals surface area contributed by atoms with Crippen molar-refractivity contribution in [3.05, 3.63) is 68.2 Å². The predicted molar refractivity (Wildman–Crippen MR) is 342 cm³/mol. The summed E-state index contributed by atoms with van der Waals surface area (Å²) < 4.78 is 54.6. The number of rotatable bonds is 20. The van der Waals surface area contributed by atoms with E-state index in [1.807, 2.05) is 81.4 Å². The van der Waals surface area contributed by atoms with E-state index < -0.39 is 119 Å². The quantitative estimate of drug-likeness (QED) is 0.00860. The molecule has 562 valence electrons. The molecular formula is C61H98ClN6Na2O29S-. The summed E-state index contributed by atoms with van der Waals surface area (Å²) >= 11 is 4.71. The number of aliphatic hydroxyl groups excluding tert-OH is 5. The van der Waals surface area contributed by atoms with Gasteiger partial charge in [0.05, 0.1) is 12.5 Å². The average Bonchev–Trinajstić information content (AvgIpc) is 1.19. The second-order valence-corrected chi connectivity index (χ2v) is 20.4. The Hall–Kier alpha value is -5.39. The van der Waals surface area contributed by atoms with E-state index in [1.165, 1.54) is 6.42 Å². The Labute approximate surface area is 632 Å². The summed E-state index contributed by atoms with van der Waals surface area (Å²) in [7, 11) is -3.28. The molecule has 0 aromatic heterocycles. The molecule has 0 saturated carbocycles. The predicted octanol–water partition coefficient (Wildman–Crippen LogP) is -4.46. The van der Waals surface area contributed by atoms with Crippen molar-refractivity contribution < 1.29 is 198 Å². The molecule has 11 N–H and O–H groups in total. The molecule has 5 aliphatic rings. The number of nitrogens with one attached hydrogen (secondary N) is 2. The number of nitrogens with zero attached hydrogens (tertiary/aromatic N) is 3. The van der Waals surface area contributed by atoms with Gasteiger partial charge in [0.1, 0.15) is 36.5 Å². The van der Waals surface area contributed by atoms with E-state index in [2.05, 4.69) is 33.5 Å². The molecule has 5 fully saturated rings. The van der Waals surface area contributed by atoms with E-state index in [0.29, 0.717) is 48.2 Å². The molecule has 11 atom stereocenters. The maximum Gasteiger partial charge on any atom is 1.00 e. The van der Waals surface area contributed by atoms with Crippen molar-refractivity contribution >= 4 is 92.6 Å². The minimum Gasteiger partial charge on any atom is -0.726 e. The molecule has 8 amide bonds. The van der Waals surface area contributed by atoms with Gasteiger partial charge in [0.2, 0.25) is 33.7 Å². The first-order chi connectivity index (χ1) is 46.1. The molecule has 1 aromatic carbocycles. The Morgan fingerprint density at radius 3 is 1.56 bits per heavy atom. The number of allylic oxidation sites excluding steroid dienone is 1. The molecule has 1 aromatic rings. The van der Waals surface area contributed by atoms with Crippen LogP contribution in [0.5, 0.6) is 5.75 Å². The average molecular weight is 1490 g/mol. The summed E-state index contributed by atoms with van der Waals surface area (Å²) in [5.41, 5.74) is 6.55. The third-order valence-corrected chi connectivity index (χ3v) is 12.4. The zero-order chi connectivity index (χ0) is 77.0. The molecule has 39 heteroatoms. The Balaban J connectivity index is -0.000000211. The van der Waals surface area contributed by atoms with Crippen LogP contribution in [0.1, 0.15) is 146 Å². The standard InChI is InChI=1S/C19H27NO9.C12H24N2O2.C9H13NO4.C7H7NO4.C4H5NO3.C3H3ClO.3C2H6.CO2.2Na.H2O4S/c20-6-5-10-1-3-12(4-2-10)27-19-16(25)17(15(24)14(8-21)28-19)29-18-13(23)7-11(22)9-26-18;1-5-7-14-11(15)9(3)8-10(6-2)12(16)13-4;1-3-6(2)9(13)14-10-7(11)4-5-8(10)12;1-2-7(11)12-8-5(9)3-4-6(8)10;6-3-1-2-4(7)5(3)8;1-2-3(4)5;3*1-2;2-1-3;;;1-5(2,3)4/h1-4,7,9,11,13-19,21-25H,5-6,8,20H2;9-10H,5-8H2,1-4H3,(H,13,16)(H,14,15);6H,3-5H2,1-2H3;2H,1,3-4H2;8H,1-2H2;2H,1H2;3*1-2H3;;;;(H2,1,2,3,4)/q-2;;;;;;;;;;2*+1;/p-1/t11-,13?,14?,15-,16?,17-,18-,19+;;;;;;;;;;;;/m0............/s1. The van der Waals surface area contributed by atoms with Crippen molar-refractivity contribution in [1.82, 2.24) is 25.8 Å². The molecule has 35 nitrogen and oxygen atoms in total. The van der Waals surface area contributed by atoms with Crippen LogP contribution < -0.4 is 80.2 Å². The number of carbonyl (C=O) groups excluding carboxylic acids is 13. The molecule has 5 saturated heterocycles. The SMILES string of the molecule is C=CC(=O)Cl.C=CC(=O)ON1C(=O)CCC1=O.CC.CC.CC.CCC(C)C(=O)ON1C(=O)CCC1=O.CCCNC(=O)C(C)CC(CC)C(=O)NC.NCCc1ccc(O[C@@H]2OC(CO)[C@H](O)[C@H](O[C@@H]3O[CH-][C@@H](O)[CH-]C3O)C2O)cc1.O=C1CCC(=O)N1O.O=C=O.O=S(=O)([O-])O.[Na+].[Na+]. The number of hydrogen-bond acceptors (Lipinski definition) is 29. The minimum atomic E-state index is -4.92. The Morgan fingerprint density at radius 2 is 1.21 bits per heavy atom. The molecule has 0 aliphatic carbocycles. The molecule has 0 bridgehead atoms. The normalized spacial score (nSPS) is 20.6. The van der Waals surface area contributed by atoms with Crippen LogP contribution in [0, 0.1) is 30.8 Å². The molecule has 5 aliphatic heterocycles. The Bertz CT molecular complexity index is 2680. The number of benzene rings is 1. The smallest absolute Gasteiger partial charge is 0.726 e. The summed E-state index contributed by atoms with van der Waals surface area (Å²) in [5, 5.41) is 64.5. The maximum atomic E-state index is 11.6. The van der Waals surface area contributed by atoms with Gasteiger partial charge in [0, 0.05) is 70.0 Å². The van der Waals surface area contributed by atoms with E-state index in [1.54, 1.807) is 26.1 Å². The van der Waals surface area contributed by atoms with E-state index in [-0.39, 0.29) is 138 Å². The summed E-state index contributed by atoms with van der Waals surface area (Å²) in [6, 6.07) is 7.03. The van der Waals surface area contributed by atoms with Crippen molar-refractivity contribution in [3.8, 4) is 5.75 Å². The van der Waals surface area contributed by atoms with Gasteiger partial charge in [0.15, 0.2) is 0 Å². The van der Waals surface area contributed by atoms with E-state index in [9.17, 15) is 78.3 Å². The van der Waals surface area contributed by atoms with Gasteiger partial charge in [-0.05, 0) is 80.1 Å². The van der Waals surface area contributed by atoms with Crippen molar-refractivity contribution in [3.63, 3.8) is 0 Å². The first-order valence-electron chi connectivity index (χ1n) is 30.8. The van der Waals surface area contributed by atoms with Gasteiger partial charge in [-0.2, -0.15) is 20.8 Å². The fourth-order valence-electron chi connectivity index (χ4n) is 7.16. The first-order valence-corrected chi connectivity index (χ1v) is 32.6. The van der Waals surface area contributed by atoms with Crippen LogP contribution in [-0.2, 0) is 103 Å². The molecule has 5 heterocycles. The van der Waals surface area contributed by atoms with Gasteiger partial charge in [0.25, 0.3) is 35.4 Å². The Kier molecular flexibility index (Phi) is 68.4. The summed E-state index contributed by atoms with van der Waals surface area (Å²) in [6.45, 7) is 29.3. The summed E-state index contributed by atoms with van der Waals surface area (Å²) in [4.78, 5) is 144. The zero-order valence-corrected chi connectivity index (χ0v) is 64.7. The second kappa shape index (κ2) is 63.3. The Morgan fingerprint density at radius 1 is 0.770 bits per heavy atom. The number of halogens is 1. The van der Waals surface area contributed by atoms with Gasteiger partial charge in [-0.1, -0.05) is 101 Å². The molecule has 100 heavy (non-hydrogen) atoms. The minimum absolute atomic E-state index is 0. The van der Waals surface area contributed by atoms with Crippen LogP contribution in [0.4, 0.5) is 0 Å². The van der Waals surface area contributed by atoms with E-state index in [4.69, 9.17) is 68.6 Å². The van der Waals surface area contributed by atoms with Crippen LogP contribution in [0.25, 0.3) is 0 Å². The van der Waals surface area contributed by atoms with Crippen LogP contribution >= 0.6 is 11.6 Å². The second-order valence-electron chi connectivity index (χ2n) is 19.2. The van der Waals surface area contributed by atoms with Gasteiger partial charge in [-0.25, -0.2) is 24.6 Å². The molecule has 6 rings (SSSR count). The largest absolute Gasteiger partial charge is 1.00 e. The van der Waals surface area contributed by atoms with E-state index >= 15 is 0 Å². The number of ether oxygens (including phenoxy) is 4. The molecular weight excluding hydrogens is 1390 g/mol. The molecule has 0 spiro atoms. The topological polar surface area (TPSA) is 536 Å². The third-order valence-electron chi connectivity index (χ3n) is 12.2. The molecule has 0 radical (unpaired) electrons. The number of carbonyl (C=O) groups is 11. The number of hydrogen-bond donors (Lipinski definition) is 10. The summed E-state index contributed by atoms with van der Waals surface area (Å²) in [6.07, 6.45) is -2.37. The monoisotopic (exact) mass is 1490 g/mol. The van der Waals surface area contributed by atoms with Crippen molar-refractivity contribution in [2.45, 2.75) is 196 Å². The summed E-state index contributed by atoms with van der Waals surface area (Å²) in [5.74, 6) is -4.19. The van der Waals surface area contributed by atoms with Crippen LogP contribution in [0.15, 0.2) is 49.6 Å². The number of nitrogens with two attached hydrogens (primary N) is 1. The maximum absolute atomic E-state index is 11.6. The van der Waals surface area contributed by atoms with Gasteiger partial charge >= 0.3 is 77.2 Å².